The van der Waals surface area contributed by atoms with E-state index in [4.69, 9.17) is 0 Å². The van der Waals surface area contributed by atoms with E-state index in [9.17, 15) is 0 Å². The Morgan fingerprint density at radius 1 is 0.800 bits per heavy atom. The summed E-state index contributed by atoms with van der Waals surface area (Å²) < 4.78 is 0. The van der Waals surface area contributed by atoms with E-state index in [1.807, 2.05) is 18.2 Å². The zero-order chi connectivity index (χ0) is 9.80. The molecule has 2 aromatic carbocycles. The first-order valence-corrected chi connectivity index (χ1v) is 5.12. The molecule has 2 rings (SSSR count). The van der Waals surface area contributed by atoms with E-state index in [1.165, 1.54) is 11.1 Å². The number of rotatable bonds is 2. The maximum absolute atomic E-state index is 4.43. The molecule has 15 heavy (non-hydrogen) atoms. The van der Waals surface area contributed by atoms with E-state index in [0.717, 1.165) is 11.3 Å². The third kappa shape index (κ3) is 4.06. The molecular weight excluding hydrogens is 227 g/mol. The Hall–Kier alpha value is 0.426. The zero-order valence-corrected chi connectivity index (χ0v) is 12.9. The molecule has 0 aromatic heterocycles. The van der Waals surface area contributed by atoms with Crippen molar-refractivity contribution < 1.29 is 0 Å². The van der Waals surface area contributed by atoms with E-state index in [0.29, 0.717) is 0 Å². The standard InChI is InChI=1S/C13H12S.K/c14-13-9-5-4-8-12(13)10-11-6-2-1-3-7-11;/h1-9,14H,10H2;. The minimum atomic E-state index is 0. The Balaban J connectivity index is 0.00000112. The van der Waals surface area contributed by atoms with Crippen molar-refractivity contribution in [1.29, 1.82) is 0 Å². The van der Waals surface area contributed by atoms with Gasteiger partial charge in [-0.05, 0) is 23.6 Å². The van der Waals surface area contributed by atoms with Gasteiger partial charge in [0.2, 0.25) is 0 Å². The molecule has 0 spiro atoms. The summed E-state index contributed by atoms with van der Waals surface area (Å²) in [6, 6.07) is 18.7. The summed E-state index contributed by atoms with van der Waals surface area (Å²) in [5.41, 5.74) is 2.61. The van der Waals surface area contributed by atoms with Crippen LogP contribution < -0.4 is 0 Å². The van der Waals surface area contributed by atoms with Crippen molar-refractivity contribution in [3.05, 3.63) is 65.7 Å². The minimum Gasteiger partial charge on any atom is -0.143 e. The molecule has 0 aliphatic heterocycles. The van der Waals surface area contributed by atoms with Crippen molar-refractivity contribution >= 4 is 64.0 Å². The van der Waals surface area contributed by atoms with E-state index in [1.54, 1.807) is 0 Å². The quantitative estimate of drug-likeness (QED) is 0.604. The number of hydrogen-bond donors (Lipinski definition) is 1. The molecule has 0 atom stereocenters. The van der Waals surface area contributed by atoms with Crippen LogP contribution in [0.4, 0.5) is 0 Å². The Bertz CT molecular complexity index is 412. The largest absolute Gasteiger partial charge is 0.143 e. The Labute approximate surface area is 139 Å². The molecule has 0 heterocycles. The molecule has 2 aromatic rings. The molecule has 0 amide bonds. The van der Waals surface area contributed by atoms with Gasteiger partial charge in [0.25, 0.3) is 0 Å². The van der Waals surface area contributed by atoms with Gasteiger partial charge in [-0.1, -0.05) is 48.5 Å². The van der Waals surface area contributed by atoms with Crippen LogP contribution in [0.15, 0.2) is 59.5 Å². The first kappa shape index (κ1) is 13.5. The summed E-state index contributed by atoms with van der Waals surface area (Å²) in [6.07, 6.45) is 0.959. The summed E-state index contributed by atoms with van der Waals surface area (Å²) in [5, 5.41) is 0. The van der Waals surface area contributed by atoms with Gasteiger partial charge >= 0.3 is 0 Å². The Morgan fingerprint density at radius 2 is 1.40 bits per heavy atom. The van der Waals surface area contributed by atoms with Gasteiger partial charge in [-0.2, -0.15) is 0 Å². The second-order valence-corrected chi connectivity index (χ2v) is 3.77. The fourth-order valence-electron chi connectivity index (χ4n) is 1.48. The molecule has 0 fully saturated rings. The van der Waals surface area contributed by atoms with E-state index in [-0.39, 0.29) is 51.4 Å². The van der Waals surface area contributed by atoms with Crippen molar-refractivity contribution in [2.45, 2.75) is 11.3 Å². The maximum atomic E-state index is 4.43. The molecule has 0 saturated carbocycles. The average Bonchev–Trinajstić information content (AvgIpc) is 2.23. The number of hydrogen-bond acceptors (Lipinski definition) is 1. The van der Waals surface area contributed by atoms with Crippen LogP contribution in [0.1, 0.15) is 11.1 Å². The molecule has 0 aliphatic carbocycles. The first-order chi connectivity index (χ1) is 6.86. The second kappa shape index (κ2) is 6.89. The smallest absolute Gasteiger partial charge is 0.00754 e. The summed E-state index contributed by atoms with van der Waals surface area (Å²) in [4.78, 5) is 1.07. The second-order valence-electron chi connectivity index (χ2n) is 3.29. The van der Waals surface area contributed by atoms with Crippen LogP contribution in [0.5, 0.6) is 0 Å². The van der Waals surface area contributed by atoms with E-state index < -0.39 is 0 Å². The van der Waals surface area contributed by atoms with Crippen molar-refractivity contribution in [3.8, 4) is 0 Å². The average molecular weight is 239 g/mol. The number of benzene rings is 2. The summed E-state index contributed by atoms with van der Waals surface area (Å²) >= 11 is 4.43. The molecule has 0 saturated heterocycles. The molecule has 2 heteroatoms. The maximum Gasteiger partial charge on any atom is 0.00754 e. The topological polar surface area (TPSA) is 0 Å². The van der Waals surface area contributed by atoms with Crippen LogP contribution in [0, 0.1) is 0 Å². The van der Waals surface area contributed by atoms with Crippen LogP contribution in [-0.2, 0) is 6.42 Å². The summed E-state index contributed by atoms with van der Waals surface area (Å²) in [6.45, 7) is 0. The fraction of sp³-hybridized carbons (Fsp3) is 0.0769. The molecule has 0 aliphatic rings. The van der Waals surface area contributed by atoms with Gasteiger partial charge in [-0.25, -0.2) is 0 Å². The van der Waals surface area contributed by atoms with E-state index in [2.05, 4.69) is 49.0 Å². The molecular formula is C13H12KS. The van der Waals surface area contributed by atoms with Crippen molar-refractivity contribution in [3.63, 3.8) is 0 Å². The van der Waals surface area contributed by atoms with Crippen LogP contribution in [-0.4, -0.2) is 51.4 Å². The first-order valence-electron chi connectivity index (χ1n) is 4.67. The molecule has 0 bridgehead atoms. The molecule has 1 radical (unpaired) electrons. The third-order valence-corrected chi connectivity index (χ3v) is 2.67. The molecule has 0 unspecified atom stereocenters. The Morgan fingerprint density at radius 3 is 2.07 bits per heavy atom. The molecule has 0 N–H and O–H groups in total. The van der Waals surface area contributed by atoms with Gasteiger partial charge < -0.3 is 0 Å². The number of thiol groups is 1. The zero-order valence-electron chi connectivity index (χ0n) is 8.85. The van der Waals surface area contributed by atoms with Crippen LogP contribution in [0.2, 0.25) is 0 Å². The minimum absolute atomic E-state index is 0. The summed E-state index contributed by atoms with van der Waals surface area (Å²) in [7, 11) is 0. The van der Waals surface area contributed by atoms with Crippen LogP contribution >= 0.6 is 12.6 Å². The van der Waals surface area contributed by atoms with Gasteiger partial charge in [0.15, 0.2) is 0 Å². The van der Waals surface area contributed by atoms with Gasteiger partial charge in [0.05, 0.1) is 0 Å². The normalized spacial score (nSPS) is 9.40. The SMILES string of the molecule is Sc1ccccc1Cc1ccccc1.[K]. The monoisotopic (exact) mass is 239 g/mol. The third-order valence-electron chi connectivity index (χ3n) is 2.23. The predicted octanol–water partition coefficient (Wildman–Crippen LogP) is 3.19. The van der Waals surface area contributed by atoms with Crippen molar-refractivity contribution in [1.82, 2.24) is 0 Å². The van der Waals surface area contributed by atoms with Crippen LogP contribution in [0.3, 0.4) is 0 Å². The van der Waals surface area contributed by atoms with Crippen molar-refractivity contribution in [2.24, 2.45) is 0 Å². The fourth-order valence-corrected chi connectivity index (χ4v) is 1.72. The van der Waals surface area contributed by atoms with Crippen molar-refractivity contribution in [2.75, 3.05) is 0 Å². The predicted molar refractivity (Wildman–Crippen MR) is 68.7 cm³/mol. The van der Waals surface area contributed by atoms with Gasteiger partial charge in [0, 0.05) is 56.3 Å². The molecule has 71 valence electrons. The van der Waals surface area contributed by atoms with Gasteiger partial charge in [0.1, 0.15) is 0 Å². The van der Waals surface area contributed by atoms with Crippen LogP contribution in [0.25, 0.3) is 0 Å². The Kier molecular flexibility index (Phi) is 6.20. The van der Waals surface area contributed by atoms with Gasteiger partial charge in [-0.15, -0.1) is 12.6 Å². The molecule has 0 nitrogen and oxygen atoms in total. The van der Waals surface area contributed by atoms with Gasteiger partial charge in [-0.3, -0.25) is 0 Å². The summed E-state index contributed by atoms with van der Waals surface area (Å²) in [5.74, 6) is 0. The van der Waals surface area contributed by atoms with E-state index >= 15 is 0 Å².